The molecule has 0 aliphatic carbocycles. The molecule has 2 aromatic carbocycles. The Bertz CT molecular complexity index is 673. The van der Waals surface area contributed by atoms with Gasteiger partial charge in [-0.15, -0.1) is 11.8 Å². The predicted octanol–water partition coefficient (Wildman–Crippen LogP) is 2.10. The van der Waals surface area contributed by atoms with Crippen molar-refractivity contribution in [3.05, 3.63) is 54.1 Å². The minimum atomic E-state index is -0.578. The fourth-order valence-corrected chi connectivity index (χ4v) is 2.52. The fraction of sp³-hybridized carbons (Fsp3) is 0.0667. The Labute approximate surface area is 126 Å². The molecule has 0 radical (unpaired) electrons. The third-order valence-corrected chi connectivity index (χ3v) is 3.83. The van der Waals surface area contributed by atoms with Crippen molar-refractivity contribution in [1.82, 2.24) is 0 Å². The number of primary amides is 1. The lowest BCUT2D eigenvalue weighted by Crippen LogP contribution is -2.19. The van der Waals surface area contributed by atoms with Crippen LogP contribution in [0.15, 0.2) is 53.4 Å². The summed E-state index contributed by atoms with van der Waals surface area (Å²) in [6.45, 7) is 0. The second-order valence-corrected chi connectivity index (χ2v) is 5.30. The molecule has 0 saturated carbocycles. The van der Waals surface area contributed by atoms with Gasteiger partial charge in [-0.25, -0.2) is 0 Å². The number of nitrogens with two attached hydrogens (primary N) is 2. The molecule has 2 rings (SSSR count). The molecule has 0 aliphatic heterocycles. The van der Waals surface area contributed by atoms with Gasteiger partial charge in [-0.05, 0) is 24.3 Å². The smallest absolute Gasteiger partial charge is 0.250 e. The monoisotopic (exact) mass is 301 g/mol. The van der Waals surface area contributed by atoms with Crippen molar-refractivity contribution in [2.75, 3.05) is 16.8 Å². The number of hydrogen-bond acceptors (Lipinski definition) is 4. The van der Waals surface area contributed by atoms with Gasteiger partial charge in [-0.3, -0.25) is 9.59 Å². The van der Waals surface area contributed by atoms with Crippen molar-refractivity contribution in [1.29, 1.82) is 0 Å². The van der Waals surface area contributed by atoms with E-state index in [2.05, 4.69) is 5.32 Å². The van der Waals surface area contributed by atoms with Crippen LogP contribution in [0.5, 0.6) is 0 Å². The summed E-state index contributed by atoms with van der Waals surface area (Å²) in [5, 5.41) is 2.68. The number of para-hydroxylation sites is 2. The SMILES string of the molecule is NC(=O)c1ccccc1NC(=O)CSc1ccccc1N. The number of benzene rings is 2. The summed E-state index contributed by atoms with van der Waals surface area (Å²) in [7, 11) is 0. The van der Waals surface area contributed by atoms with Crippen molar-refractivity contribution in [3.8, 4) is 0 Å². The van der Waals surface area contributed by atoms with Gasteiger partial charge in [0.15, 0.2) is 0 Å². The zero-order chi connectivity index (χ0) is 15.2. The van der Waals surface area contributed by atoms with Gasteiger partial charge in [0.05, 0.1) is 17.0 Å². The standard InChI is InChI=1S/C15H15N3O2S/c16-11-6-2-4-8-13(11)21-9-14(19)18-12-7-3-1-5-10(12)15(17)20/h1-8H,9,16H2,(H2,17,20)(H,18,19). The number of nitrogens with one attached hydrogen (secondary N) is 1. The molecule has 0 heterocycles. The van der Waals surface area contributed by atoms with Gasteiger partial charge in [-0.1, -0.05) is 24.3 Å². The van der Waals surface area contributed by atoms with E-state index in [-0.39, 0.29) is 17.2 Å². The van der Waals surface area contributed by atoms with E-state index >= 15 is 0 Å². The van der Waals surface area contributed by atoms with Crippen LogP contribution >= 0.6 is 11.8 Å². The molecule has 2 aromatic rings. The molecule has 0 spiro atoms. The zero-order valence-corrected chi connectivity index (χ0v) is 12.0. The maximum atomic E-state index is 11.9. The second-order valence-electron chi connectivity index (χ2n) is 4.28. The molecule has 21 heavy (non-hydrogen) atoms. The summed E-state index contributed by atoms with van der Waals surface area (Å²) in [6.07, 6.45) is 0. The first-order valence-corrected chi connectivity index (χ1v) is 7.22. The van der Waals surface area contributed by atoms with Crippen LogP contribution in [0.4, 0.5) is 11.4 Å². The number of rotatable bonds is 5. The van der Waals surface area contributed by atoms with Crippen LogP contribution in [-0.4, -0.2) is 17.6 Å². The molecule has 5 N–H and O–H groups in total. The van der Waals surface area contributed by atoms with Gasteiger partial charge in [0.2, 0.25) is 5.91 Å². The average molecular weight is 301 g/mol. The van der Waals surface area contributed by atoms with Crippen molar-refractivity contribution >= 4 is 35.0 Å². The lowest BCUT2D eigenvalue weighted by Gasteiger charge is -2.09. The maximum absolute atomic E-state index is 11.9. The first-order valence-electron chi connectivity index (χ1n) is 6.24. The van der Waals surface area contributed by atoms with E-state index in [1.807, 2.05) is 18.2 Å². The number of anilines is 2. The molecule has 0 atom stereocenters. The van der Waals surface area contributed by atoms with Crippen LogP contribution in [-0.2, 0) is 4.79 Å². The second kappa shape index (κ2) is 6.81. The Morgan fingerprint density at radius 3 is 2.43 bits per heavy atom. The normalized spacial score (nSPS) is 10.1. The minimum absolute atomic E-state index is 0.196. The molecule has 0 saturated heterocycles. The molecule has 0 aromatic heterocycles. The van der Waals surface area contributed by atoms with E-state index in [4.69, 9.17) is 11.5 Å². The van der Waals surface area contributed by atoms with E-state index < -0.39 is 5.91 Å². The van der Waals surface area contributed by atoms with Crippen molar-refractivity contribution in [2.24, 2.45) is 5.73 Å². The third-order valence-electron chi connectivity index (χ3n) is 2.74. The lowest BCUT2D eigenvalue weighted by atomic mass is 10.1. The summed E-state index contributed by atoms with van der Waals surface area (Å²) in [5.74, 6) is -0.607. The molecule has 6 heteroatoms. The fourth-order valence-electron chi connectivity index (χ4n) is 1.75. The Kier molecular flexibility index (Phi) is 4.84. The number of carbonyl (C=O) groups excluding carboxylic acids is 2. The minimum Gasteiger partial charge on any atom is -0.398 e. The maximum Gasteiger partial charge on any atom is 0.250 e. The van der Waals surface area contributed by atoms with Crippen molar-refractivity contribution in [3.63, 3.8) is 0 Å². The Balaban J connectivity index is 2.00. The highest BCUT2D eigenvalue weighted by Crippen LogP contribution is 2.24. The number of thioether (sulfide) groups is 1. The summed E-state index contributed by atoms with van der Waals surface area (Å²) < 4.78 is 0. The molecular weight excluding hydrogens is 286 g/mol. The van der Waals surface area contributed by atoms with Gasteiger partial charge in [0.1, 0.15) is 0 Å². The summed E-state index contributed by atoms with van der Waals surface area (Å²) in [5.41, 5.74) is 12.4. The molecule has 5 nitrogen and oxygen atoms in total. The van der Waals surface area contributed by atoms with Crippen LogP contribution < -0.4 is 16.8 Å². The van der Waals surface area contributed by atoms with Gasteiger partial charge in [-0.2, -0.15) is 0 Å². The van der Waals surface area contributed by atoms with Crippen LogP contribution in [0.3, 0.4) is 0 Å². The third kappa shape index (κ3) is 4.00. The molecule has 2 amide bonds. The molecule has 0 fully saturated rings. The van der Waals surface area contributed by atoms with Crippen molar-refractivity contribution in [2.45, 2.75) is 4.90 Å². The van der Waals surface area contributed by atoms with Crippen LogP contribution in [0.1, 0.15) is 10.4 Å². The predicted molar refractivity (Wildman–Crippen MR) is 85.2 cm³/mol. The van der Waals surface area contributed by atoms with Crippen LogP contribution in [0.2, 0.25) is 0 Å². The Morgan fingerprint density at radius 1 is 1.05 bits per heavy atom. The molecule has 0 unspecified atom stereocenters. The van der Waals surface area contributed by atoms with Gasteiger partial charge in [0, 0.05) is 10.6 Å². The Hall–Kier alpha value is -2.47. The molecule has 0 bridgehead atoms. The van der Waals surface area contributed by atoms with E-state index in [0.717, 1.165) is 4.90 Å². The van der Waals surface area contributed by atoms with Gasteiger partial charge in [0.25, 0.3) is 5.91 Å². The van der Waals surface area contributed by atoms with E-state index in [9.17, 15) is 9.59 Å². The quantitative estimate of drug-likeness (QED) is 0.582. The highest BCUT2D eigenvalue weighted by molar-refractivity contribution is 8.00. The average Bonchev–Trinajstić information content (AvgIpc) is 2.47. The summed E-state index contributed by atoms with van der Waals surface area (Å²) in [6, 6.07) is 14.0. The first kappa shape index (κ1) is 14.9. The van der Waals surface area contributed by atoms with Crippen LogP contribution in [0, 0.1) is 0 Å². The molecule has 108 valence electrons. The summed E-state index contributed by atoms with van der Waals surface area (Å²) in [4.78, 5) is 24.1. The lowest BCUT2D eigenvalue weighted by molar-refractivity contribution is -0.113. The number of carbonyl (C=O) groups is 2. The zero-order valence-electron chi connectivity index (χ0n) is 11.2. The number of amides is 2. The van der Waals surface area contributed by atoms with Gasteiger partial charge < -0.3 is 16.8 Å². The van der Waals surface area contributed by atoms with E-state index in [1.165, 1.54) is 11.8 Å². The summed E-state index contributed by atoms with van der Waals surface area (Å²) >= 11 is 1.34. The van der Waals surface area contributed by atoms with Gasteiger partial charge >= 0.3 is 0 Å². The number of hydrogen-bond donors (Lipinski definition) is 3. The largest absolute Gasteiger partial charge is 0.398 e. The molecular formula is C15H15N3O2S. The highest BCUT2D eigenvalue weighted by Gasteiger charge is 2.11. The Morgan fingerprint density at radius 2 is 1.71 bits per heavy atom. The topological polar surface area (TPSA) is 98.2 Å². The highest BCUT2D eigenvalue weighted by atomic mass is 32.2. The molecule has 0 aliphatic rings. The number of nitrogen functional groups attached to an aromatic ring is 1. The van der Waals surface area contributed by atoms with Crippen LogP contribution in [0.25, 0.3) is 0 Å². The van der Waals surface area contributed by atoms with Crippen molar-refractivity contribution < 1.29 is 9.59 Å². The van der Waals surface area contributed by atoms with E-state index in [1.54, 1.807) is 30.3 Å². The van der Waals surface area contributed by atoms with E-state index in [0.29, 0.717) is 11.4 Å². The first-order chi connectivity index (χ1) is 10.1.